The minimum absolute atomic E-state index is 0.0542. The minimum atomic E-state index is -4.06. The topological polar surface area (TPSA) is 91.6 Å². The van der Waals surface area contributed by atoms with Crippen molar-refractivity contribution >= 4 is 11.9 Å². The highest BCUT2D eigenvalue weighted by molar-refractivity contribution is 5.82. The lowest BCUT2D eigenvalue weighted by Crippen LogP contribution is -2.73. The van der Waals surface area contributed by atoms with E-state index >= 15 is 0 Å². The highest BCUT2D eigenvalue weighted by Gasteiger charge is 2.66. The number of rotatable bonds is 8. The van der Waals surface area contributed by atoms with Crippen molar-refractivity contribution in [2.75, 3.05) is 19.7 Å². The molecule has 0 aromatic rings. The summed E-state index contributed by atoms with van der Waals surface area (Å²) in [5, 5.41) is 17.7. The fourth-order valence-corrected chi connectivity index (χ4v) is 2.51. The molecule has 2 aliphatic rings. The molecular weight excluding hydrogens is 324 g/mol. The third kappa shape index (κ3) is 3.38. The lowest BCUT2D eigenvalue weighted by molar-refractivity contribution is -0.246. The molecule has 0 spiro atoms. The lowest BCUT2D eigenvalue weighted by atomic mass is 9.86. The van der Waals surface area contributed by atoms with Gasteiger partial charge in [-0.25, -0.2) is 4.79 Å². The zero-order valence-corrected chi connectivity index (χ0v) is 13.3. The van der Waals surface area contributed by atoms with Crippen molar-refractivity contribution in [2.45, 2.75) is 49.8 Å². The van der Waals surface area contributed by atoms with Crippen LogP contribution < -0.4 is 0 Å². The second kappa shape index (κ2) is 6.43. The number of amides is 1. The van der Waals surface area contributed by atoms with Gasteiger partial charge in [0.05, 0.1) is 19.7 Å². The second-order valence-corrected chi connectivity index (χ2v) is 5.96. The van der Waals surface area contributed by atoms with Gasteiger partial charge in [0.25, 0.3) is 0 Å². The van der Waals surface area contributed by atoms with Gasteiger partial charge < -0.3 is 14.7 Å². The van der Waals surface area contributed by atoms with Crippen molar-refractivity contribution in [3.05, 3.63) is 0 Å². The van der Waals surface area contributed by atoms with Crippen LogP contribution in [0.5, 0.6) is 0 Å². The molecule has 0 radical (unpaired) electrons. The Labute approximate surface area is 138 Å². The maximum Gasteiger partial charge on any atom is 0.380 e. The van der Waals surface area contributed by atoms with E-state index in [1.165, 1.54) is 6.92 Å². The molecule has 9 heteroatoms. The summed E-state index contributed by atoms with van der Waals surface area (Å²) in [5.41, 5.74) is -3.22. The van der Waals surface area contributed by atoms with Gasteiger partial charge in [-0.2, -0.15) is 19.0 Å². The molecule has 0 bridgehead atoms. The number of hydrogen-bond acceptors (Lipinski definition) is 6. The van der Waals surface area contributed by atoms with Crippen LogP contribution in [-0.2, 0) is 14.3 Å². The van der Waals surface area contributed by atoms with Gasteiger partial charge in [0, 0.05) is 25.7 Å². The number of halogens is 2. The molecule has 0 aromatic carbocycles. The van der Waals surface area contributed by atoms with Crippen molar-refractivity contribution < 1.29 is 28.2 Å². The van der Waals surface area contributed by atoms with E-state index in [2.05, 4.69) is 20.9 Å². The number of β-amino-alcohol motifs (C(OH)–C–C–N with tert-alkyl or cyclic N) is 1. The molecule has 2 heterocycles. The van der Waals surface area contributed by atoms with E-state index < -0.39 is 42.2 Å². The maximum atomic E-state index is 13.9. The van der Waals surface area contributed by atoms with E-state index in [0.717, 1.165) is 4.90 Å². The number of carbonyl (C=O) groups excluding carboxylic acids is 2. The zero-order chi connectivity index (χ0) is 18.0. The normalized spacial score (nSPS) is 20.0. The molecule has 24 heavy (non-hydrogen) atoms. The van der Waals surface area contributed by atoms with E-state index in [0.29, 0.717) is 19.3 Å². The first-order valence-corrected chi connectivity index (χ1v) is 7.62. The number of terminal acetylenes is 1. The van der Waals surface area contributed by atoms with Crippen molar-refractivity contribution in [1.29, 1.82) is 0 Å². The van der Waals surface area contributed by atoms with E-state index in [-0.39, 0.29) is 13.0 Å². The van der Waals surface area contributed by atoms with Gasteiger partial charge in [0.1, 0.15) is 0 Å². The molecule has 1 amide bonds. The van der Waals surface area contributed by atoms with Gasteiger partial charge in [0.2, 0.25) is 5.91 Å². The molecule has 0 saturated carbocycles. The quantitative estimate of drug-likeness (QED) is 0.528. The number of esters is 1. The first kappa shape index (κ1) is 18.3. The molecule has 2 rings (SSSR count). The van der Waals surface area contributed by atoms with Crippen molar-refractivity contribution in [3.8, 4) is 12.3 Å². The molecule has 0 unspecified atom stereocenters. The van der Waals surface area contributed by atoms with Crippen molar-refractivity contribution in [3.63, 3.8) is 0 Å². The van der Waals surface area contributed by atoms with E-state index in [1.54, 1.807) is 0 Å². The van der Waals surface area contributed by atoms with E-state index in [4.69, 9.17) is 6.42 Å². The summed E-state index contributed by atoms with van der Waals surface area (Å²) in [7, 11) is 0. The molecule has 1 saturated heterocycles. The molecule has 132 valence electrons. The number of aliphatic hydroxyl groups is 1. The Morgan fingerprint density at radius 3 is 2.50 bits per heavy atom. The summed E-state index contributed by atoms with van der Waals surface area (Å²) >= 11 is 0. The van der Waals surface area contributed by atoms with Crippen LogP contribution in [0.2, 0.25) is 0 Å². The average Bonchev–Trinajstić information content (AvgIpc) is 3.28. The van der Waals surface area contributed by atoms with Crippen molar-refractivity contribution in [2.24, 2.45) is 10.2 Å². The standard InChI is InChI=1S/C15H19F2N3O4/c1-3-5-7-14(18-19-14)8-6-11(21)20-9-13(23,10-20)15(16,17)12(22)24-4-2/h1,23H,4-10H2,2H3. The largest absolute Gasteiger partial charge is 0.461 e. The molecule has 0 aromatic heterocycles. The summed E-state index contributed by atoms with van der Waals surface area (Å²) in [6, 6.07) is 0. The monoisotopic (exact) mass is 343 g/mol. The summed E-state index contributed by atoms with van der Waals surface area (Å²) in [5.74, 6) is -3.79. The molecule has 2 aliphatic heterocycles. The van der Waals surface area contributed by atoms with Gasteiger partial charge in [-0.1, -0.05) is 0 Å². The van der Waals surface area contributed by atoms with E-state index in [9.17, 15) is 23.5 Å². The number of alkyl halides is 2. The van der Waals surface area contributed by atoms with Crippen molar-refractivity contribution in [1.82, 2.24) is 4.90 Å². The fourth-order valence-electron chi connectivity index (χ4n) is 2.51. The van der Waals surface area contributed by atoms with Crippen LogP contribution in [0.25, 0.3) is 0 Å². The zero-order valence-electron chi connectivity index (χ0n) is 13.3. The van der Waals surface area contributed by atoms with Crippen LogP contribution in [-0.4, -0.2) is 58.8 Å². The van der Waals surface area contributed by atoms with E-state index in [1.807, 2.05) is 0 Å². The summed E-state index contributed by atoms with van der Waals surface area (Å²) in [4.78, 5) is 24.4. The highest BCUT2D eigenvalue weighted by Crippen LogP contribution is 2.40. The van der Waals surface area contributed by atoms with Gasteiger partial charge in [-0.3, -0.25) is 4.79 Å². The van der Waals surface area contributed by atoms with Gasteiger partial charge in [-0.15, -0.1) is 12.3 Å². The van der Waals surface area contributed by atoms with Crippen LogP contribution in [0, 0.1) is 12.3 Å². The van der Waals surface area contributed by atoms with Crippen LogP contribution in [0.15, 0.2) is 10.2 Å². The lowest BCUT2D eigenvalue weighted by Gasteiger charge is -2.48. The van der Waals surface area contributed by atoms with Gasteiger partial charge in [0.15, 0.2) is 11.3 Å². The smallest absolute Gasteiger partial charge is 0.380 e. The molecule has 7 nitrogen and oxygen atoms in total. The summed E-state index contributed by atoms with van der Waals surface area (Å²) in [6.45, 7) is -0.0783. The Morgan fingerprint density at radius 1 is 1.38 bits per heavy atom. The Bertz CT molecular complexity index is 588. The molecule has 0 aliphatic carbocycles. The van der Waals surface area contributed by atoms with Crippen LogP contribution in [0.3, 0.4) is 0 Å². The number of likely N-dealkylation sites (tertiary alicyclic amines) is 1. The first-order valence-electron chi connectivity index (χ1n) is 7.62. The molecule has 1 fully saturated rings. The molecule has 1 N–H and O–H groups in total. The Hall–Kier alpha value is -2.08. The SMILES string of the molecule is C#CCCC1(CCC(=O)N2CC(O)(C(F)(F)C(=O)OCC)C2)N=N1. The fraction of sp³-hybridized carbons (Fsp3) is 0.733. The van der Waals surface area contributed by atoms with Crippen LogP contribution >= 0.6 is 0 Å². The van der Waals surface area contributed by atoms with Crippen LogP contribution in [0.1, 0.15) is 32.6 Å². The van der Waals surface area contributed by atoms with Gasteiger partial charge in [-0.05, 0) is 6.92 Å². The first-order chi connectivity index (χ1) is 11.2. The predicted molar refractivity (Wildman–Crippen MR) is 78.0 cm³/mol. The third-order valence-corrected chi connectivity index (χ3v) is 4.17. The van der Waals surface area contributed by atoms with Crippen LogP contribution in [0.4, 0.5) is 8.78 Å². The highest BCUT2D eigenvalue weighted by atomic mass is 19.3. The Balaban J connectivity index is 1.82. The minimum Gasteiger partial charge on any atom is -0.461 e. The third-order valence-electron chi connectivity index (χ3n) is 4.17. The summed E-state index contributed by atoms with van der Waals surface area (Å²) < 4.78 is 32.0. The Kier molecular flexibility index (Phi) is 4.90. The Morgan fingerprint density at radius 2 is 2.00 bits per heavy atom. The predicted octanol–water partition coefficient (Wildman–Crippen LogP) is 1.11. The summed E-state index contributed by atoms with van der Waals surface area (Å²) in [6.07, 6.45) is 6.59. The average molecular weight is 343 g/mol. The maximum absolute atomic E-state index is 13.9. The number of nitrogens with zero attached hydrogens (tertiary/aromatic N) is 3. The van der Waals surface area contributed by atoms with Gasteiger partial charge >= 0.3 is 11.9 Å². The number of hydrogen-bond donors (Lipinski definition) is 1. The number of ether oxygens (including phenoxy) is 1. The molecular formula is C15H19F2N3O4. The molecule has 0 atom stereocenters. The number of carbonyl (C=O) groups is 2. The second-order valence-electron chi connectivity index (χ2n) is 5.96.